The number of ether oxygens (including phenoxy) is 3. The molecule has 0 bridgehead atoms. The van der Waals surface area contributed by atoms with Crippen molar-refractivity contribution in [2.24, 2.45) is 0 Å². The van der Waals surface area contributed by atoms with Crippen LogP contribution in [0.4, 0.5) is 0 Å². The van der Waals surface area contributed by atoms with Crippen LogP contribution in [0.1, 0.15) is 323 Å². The Bertz CT molecular complexity index is 1370. The molecule has 1 atom stereocenters. The van der Waals surface area contributed by atoms with Crippen LogP contribution in [0.2, 0.25) is 0 Å². The lowest BCUT2D eigenvalue weighted by molar-refractivity contribution is -0.167. The normalized spacial score (nSPS) is 12.5. The number of carbonyl (C=O) groups is 3. The molecule has 6 heteroatoms. The number of hydrogen-bond acceptors (Lipinski definition) is 6. The van der Waals surface area contributed by atoms with Gasteiger partial charge < -0.3 is 14.2 Å². The SMILES string of the molecule is CC/C=C\C/C=C\C/C=C\CCCCCC(=O)OC(COC(=O)CCCCCCCCCCCC)COC(=O)CCCCCCCCCCCCCCCCCCCC/C=C\C/C=C\C/C=C\CCCCCCC. The summed E-state index contributed by atoms with van der Waals surface area (Å²) >= 11 is 0. The van der Waals surface area contributed by atoms with Crippen LogP contribution in [-0.2, 0) is 28.6 Å². The third-order valence-electron chi connectivity index (χ3n) is 13.9. The van der Waals surface area contributed by atoms with Gasteiger partial charge in [-0.15, -0.1) is 0 Å². The lowest BCUT2D eigenvalue weighted by atomic mass is 10.0. The predicted octanol–water partition coefficient (Wildman–Crippen LogP) is 21.7. The van der Waals surface area contributed by atoms with E-state index in [0.717, 1.165) is 96.3 Å². The van der Waals surface area contributed by atoms with Crippen LogP contribution in [-0.4, -0.2) is 37.2 Å². The van der Waals surface area contributed by atoms with Gasteiger partial charge in [0.1, 0.15) is 13.2 Å². The van der Waals surface area contributed by atoms with Gasteiger partial charge in [-0.05, 0) is 89.9 Å². The minimum Gasteiger partial charge on any atom is -0.462 e. The molecule has 0 amide bonds. The summed E-state index contributed by atoms with van der Waals surface area (Å²) in [5.74, 6) is -0.903. The Morgan fingerprint density at radius 1 is 0.284 bits per heavy atom. The van der Waals surface area contributed by atoms with Crippen LogP contribution in [0.15, 0.2) is 72.9 Å². The van der Waals surface area contributed by atoms with E-state index in [0.29, 0.717) is 19.3 Å². The maximum atomic E-state index is 12.8. The lowest BCUT2D eigenvalue weighted by Crippen LogP contribution is -2.30. The third kappa shape index (κ3) is 59.7. The van der Waals surface area contributed by atoms with E-state index < -0.39 is 6.10 Å². The van der Waals surface area contributed by atoms with Crippen molar-refractivity contribution in [2.45, 2.75) is 329 Å². The van der Waals surface area contributed by atoms with Crippen molar-refractivity contribution in [3.63, 3.8) is 0 Å². The maximum absolute atomic E-state index is 12.8. The molecule has 6 nitrogen and oxygen atoms in total. The zero-order valence-corrected chi connectivity index (χ0v) is 49.1. The predicted molar refractivity (Wildman–Crippen MR) is 321 cm³/mol. The molecule has 0 spiro atoms. The Morgan fingerprint density at radius 3 is 0.838 bits per heavy atom. The molecule has 0 aromatic heterocycles. The molecule has 0 radical (unpaired) electrons. The van der Waals surface area contributed by atoms with Gasteiger partial charge in [0.05, 0.1) is 0 Å². The quantitative estimate of drug-likeness (QED) is 0.0261. The standard InChI is InChI=1S/C68H120O6/c1-4-7-10-13-16-19-22-24-25-26-27-28-29-30-31-32-33-34-35-36-37-38-39-40-41-42-43-45-46-49-52-55-58-61-67(70)73-64-65(63-72-66(69)60-57-54-51-48-21-18-15-12-9-6-3)74-68(71)62-59-56-53-50-47-44-23-20-17-14-11-8-5-2/h8,11,17,20,22,24,26-27,29-30,44,47,65H,4-7,9-10,12-16,18-19,21,23,25,28,31-43,45-46,48-64H2,1-3H3/b11-8-,20-17-,24-22-,27-26-,30-29-,47-44-. The van der Waals surface area contributed by atoms with Crippen LogP contribution < -0.4 is 0 Å². The number of unbranched alkanes of at least 4 members (excludes halogenated alkanes) is 35. The molecule has 428 valence electrons. The zero-order valence-electron chi connectivity index (χ0n) is 49.1. The largest absolute Gasteiger partial charge is 0.462 e. The molecular weight excluding hydrogens is 913 g/mol. The summed E-state index contributed by atoms with van der Waals surface area (Å²) in [6.07, 6.45) is 80.8. The molecule has 0 saturated heterocycles. The van der Waals surface area contributed by atoms with Crippen LogP contribution in [0.3, 0.4) is 0 Å². The van der Waals surface area contributed by atoms with Crippen molar-refractivity contribution in [3.8, 4) is 0 Å². The number of allylic oxidation sites excluding steroid dienone is 12. The minimum absolute atomic E-state index is 0.0835. The topological polar surface area (TPSA) is 78.9 Å². The first-order valence-corrected chi connectivity index (χ1v) is 31.9. The van der Waals surface area contributed by atoms with Gasteiger partial charge >= 0.3 is 17.9 Å². The molecule has 0 aromatic carbocycles. The molecule has 74 heavy (non-hydrogen) atoms. The van der Waals surface area contributed by atoms with Gasteiger partial charge in [0.15, 0.2) is 6.10 Å². The summed E-state index contributed by atoms with van der Waals surface area (Å²) in [6, 6.07) is 0. The van der Waals surface area contributed by atoms with E-state index in [4.69, 9.17) is 14.2 Å². The van der Waals surface area contributed by atoms with Crippen LogP contribution in [0, 0.1) is 0 Å². The average Bonchev–Trinajstić information content (AvgIpc) is 3.40. The van der Waals surface area contributed by atoms with E-state index in [1.807, 2.05) is 0 Å². The van der Waals surface area contributed by atoms with E-state index in [9.17, 15) is 14.4 Å². The Labute approximate surface area is 459 Å². The molecule has 0 saturated carbocycles. The molecule has 0 aliphatic rings. The molecule has 0 aromatic rings. The van der Waals surface area contributed by atoms with Crippen LogP contribution >= 0.6 is 0 Å². The van der Waals surface area contributed by atoms with Gasteiger partial charge in [0, 0.05) is 19.3 Å². The highest BCUT2D eigenvalue weighted by atomic mass is 16.6. The molecule has 0 fully saturated rings. The van der Waals surface area contributed by atoms with Crippen molar-refractivity contribution in [3.05, 3.63) is 72.9 Å². The average molecular weight is 1030 g/mol. The minimum atomic E-state index is -0.786. The number of carbonyl (C=O) groups excluding carboxylic acids is 3. The fourth-order valence-corrected chi connectivity index (χ4v) is 9.17. The van der Waals surface area contributed by atoms with E-state index in [1.54, 1.807) is 0 Å². The van der Waals surface area contributed by atoms with Gasteiger partial charge in [-0.2, -0.15) is 0 Å². The second kappa shape index (κ2) is 62.4. The van der Waals surface area contributed by atoms with E-state index in [-0.39, 0.29) is 31.1 Å². The second-order valence-electron chi connectivity index (χ2n) is 21.3. The van der Waals surface area contributed by atoms with Gasteiger partial charge in [-0.25, -0.2) is 0 Å². The Balaban J connectivity index is 4.06. The smallest absolute Gasteiger partial charge is 0.306 e. The monoisotopic (exact) mass is 1030 g/mol. The molecular formula is C68H120O6. The molecule has 0 N–H and O–H groups in total. The van der Waals surface area contributed by atoms with Crippen molar-refractivity contribution in [2.75, 3.05) is 13.2 Å². The summed E-state index contributed by atoms with van der Waals surface area (Å²) in [7, 11) is 0. The van der Waals surface area contributed by atoms with Crippen LogP contribution in [0.25, 0.3) is 0 Å². The van der Waals surface area contributed by atoms with Crippen molar-refractivity contribution < 1.29 is 28.6 Å². The fourth-order valence-electron chi connectivity index (χ4n) is 9.17. The van der Waals surface area contributed by atoms with Crippen molar-refractivity contribution in [1.29, 1.82) is 0 Å². The van der Waals surface area contributed by atoms with Crippen molar-refractivity contribution >= 4 is 17.9 Å². The second-order valence-corrected chi connectivity index (χ2v) is 21.3. The van der Waals surface area contributed by atoms with E-state index in [2.05, 4.69) is 93.7 Å². The summed E-state index contributed by atoms with van der Waals surface area (Å²) in [5, 5.41) is 0. The Morgan fingerprint density at radius 2 is 0.527 bits per heavy atom. The summed E-state index contributed by atoms with van der Waals surface area (Å²) in [6.45, 7) is 6.50. The first kappa shape index (κ1) is 70.8. The van der Waals surface area contributed by atoms with Gasteiger partial charge in [0.25, 0.3) is 0 Å². The first-order chi connectivity index (χ1) is 36.5. The summed E-state index contributed by atoms with van der Waals surface area (Å²) < 4.78 is 16.8. The number of rotatable bonds is 58. The molecule has 1 unspecified atom stereocenters. The number of hydrogen-bond donors (Lipinski definition) is 0. The zero-order chi connectivity index (χ0) is 53.6. The summed E-state index contributed by atoms with van der Waals surface area (Å²) in [5.41, 5.74) is 0. The lowest BCUT2D eigenvalue weighted by Gasteiger charge is -2.18. The molecule has 0 aliphatic heterocycles. The van der Waals surface area contributed by atoms with Gasteiger partial charge in [0.2, 0.25) is 0 Å². The molecule has 0 heterocycles. The Kier molecular flexibility index (Phi) is 59.7. The van der Waals surface area contributed by atoms with Crippen molar-refractivity contribution in [1.82, 2.24) is 0 Å². The summed E-state index contributed by atoms with van der Waals surface area (Å²) in [4.78, 5) is 38.1. The van der Waals surface area contributed by atoms with Gasteiger partial charge in [-0.1, -0.05) is 286 Å². The van der Waals surface area contributed by atoms with Crippen LogP contribution in [0.5, 0.6) is 0 Å². The third-order valence-corrected chi connectivity index (χ3v) is 13.9. The van der Waals surface area contributed by atoms with E-state index >= 15 is 0 Å². The highest BCUT2D eigenvalue weighted by molar-refractivity contribution is 5.71. The Hall–Kier alpha value is -3.15. The molecule has 0 rings (SSSR count). The fraction of sp³-hybridized carbons (Fsp3) is 0.779. The maximum Gasteiger partial charge on any atom is 0.306 e. The van der Waals surface area contributed by atoms with E-state index in [1.165, 1.54) is 186 Å². The number of esters is 3. The highest BCUT2D eigenvalue weighted by Crippen LogP contribution is 2.17. The highest BCUT2D eigenvalue weighted by Gasteiger charge is 2.19. The van der Waals surface area contributed by atoms with Gasteiger partial charge in [-0.3, -0.25) is 14.4 Å². The molecule has 0 aliphatic carbocycles. The first-order valence-electron chi connectivity index (χ1n) is 31.9.